The molecule has 4 fully saturated rings. The molecule has 1 spiro atoms. The number of aliphatic hydroxyl groups is 1. The van der Waals surface area contributed by atoms with E-state index in [1.54, 1.807) is 7.11 Å². The van der Waals surface area contributed by atoms with Crippen LogP contribution >= 0.6 is 0 Å². The molecule has 4 aliphatic rings. The predicted octanol–water partition coefficient (Wildman–Crippen LogP) is 4.08. The second kappa shape index (κ2) is 17.8. The largest absolute Gasteiger partial charge is 0.462 e. The molecule has 0 aromatic rings. The van der Waals surface area contributed by atoms with Gasteiger partial charge in [-0.25, -0.2) is 0 Å². The number of carbonyl (C=O) groups is 3. The molecule has 0 radical (unpaired) electrons. The van der Waals surface area contributed by atoms with Crippen LogP contribution in [0.15, 0.2) is 0 Å². The number of piperidine rings is 2. The molecule has 0 aliphatic carbocycles. The van der Waals surface area contributed by atoms with Gasteiger partial charge >= 0.3 is 11.9 Å². The van der Waals surface area contributed by atoms with Crippen LogP contribution in [-0.4, -0.2) is 147 Å². The third-order valence-electron chi connectivity index (χ3n) is 12.4. The Balaban J connectivity index is 1.44. The minimum absolute atomic E-state index is 0.00346. The summed E-state index contributed by atoms with van der Waals surface area (Å²) in [5.74, 6) is -3.07. The van der Waals surface area contributed by atoms with Crippen LogP contribution in [0.4, 0.5) is 0 Å². The summed E-state index contributed by atoms with van der Waals surface area (Å²) in [4.78, 5) is 44.5. The molecule has 14 nitrogen and oxygen atoms in total. The lowest BCUT2D eigenvalue weighted by Gasteiger charge is -2.53. The molecule has 0 aromatic heterocycles. The monoisotopic (exact) mass is 770 g/mol. The number of esters is 2. The average molecular weight is 771 g/mol. The first-order valence-corrected chi connectivity index (χ1v) is 19.6. The zero-order chi connectivity index (χ0) is 40.3. The van der Waals surface area contributed by atoms with Crippen molar-refractivity contribution in [1.82, 2.24) is 9.80 Å². The van der Waals surface area contributed by atoms with Gasteiger partial charge < -0.3 is 47.8 Å². The maximum Gasteiger partial charge on any atom is 0.309 e. The Morgan fingerprint density at radius 1 is 0.722 bits per heavy atom. The van der Waals surface area contributed by atoms with Crippen LogP contribution < -0.4 is 0 Å². The molecule has 0 bridgehead atoms. The Hall–Kier alpha value is -1.75. The van der Waals surface area contributed by atoms with Crippen LogP contribution in [0.1, 0.15) is 107 Å². The smallest absolute Gasteiger partial charge is 0.309 e. The van der Waals surface area contributed by atoms with Crippen molar-refractivity contribution < 1.29 is 57.4 Å². The van der Waals surface area contributed by atoms with Crippen LogP contribution in [-0.2, 0) is 52.3 Å². The van der Waals surface area contributed by atoms with Crippen molar-refractivity contribution in [3.63, 3.8) is 0 Å². The second-order valence-corrected chi connectivity index (χ2v) is 18.9. The number of methoxy groups -OCH3 is 1. The third-order valence-corrected chi connectivity index (χ3v) is 12.4. The van der Waals surface area contributed by atoms with Crippen molar-refractivity contribution in [2.75, 3.05) is 60.8 Å². The normalized spacial score (nSPS) is 30.7. The third kappa shape index (κ3) is 11.7. The maximum absolute atomic E-state index is 13.9. The summed E-state index contributed by atoms with van der Waals surface area (Å²) >= 11 is 0. The molecule has 4 heterocycles. The van der Waals surface area contributed by atoms with E-state index in [9.17, 15) is 19.5 Å². The molecule has 0 amide bonds. The number of Topliss-reactive ketones (excluding diaryl/α,β-unsaturated/α-hetero) is 1. The molecule has 4 rings (SSSR count). The van der Waals surface area contributed by atoms with E-state index < -0.39 is 48.1 Å². The second-order valence-electron chi connectivity index (χ2n) is 18.9. The highest BCUT2D eigenvalue weighted by atomic mass is 16.7. The van der Waals surface area contributed by atoms with E-state index in [1.165, 1.54) is 6.92 Å². The summed E-state index contributed by atoms with van der Waals surface area (Å²) in [6, 6.07) is 0. The minimum Gasteiger partial charge on any atom is -0.462 e. The van der Waals surface area contributed by atoms with E-state index in [1.807, 2.05) is 0 Å². The molecule has 54 heavy (non-hydrogen) atoms. The first-order valence-electron chi connectivity index (χ1n) is 19.6. The molecule has 3 atom stereocenters. The Morgan fingerprint density at radius 3 is 1.61 bits per heavy atom. The van der Waals surface area contributed by atoms with Gasteiger partial charge in [-0.05, 0) is 95.7 Å². The molecule has 4 aliphatic heterocycles. The molecular weight excluding hydrogens is 700 g/mol. The van der Waals surface area contributed by atoms with E-state index in [0.29, 0.717) is 58.7 Å². The lowest BCUT2D eigenvalue weighted by atomic mass is 9.78. The summed E-state index contributed by atoms with van der Waals surface area (Å²) in [7, 11) is 5.75. The van der Waals surface area contributed by atoms with Crippen LogP contribution in [0.25, 0.3) is 0 Å². The highest BCUT2D eigenvalue weighted by Crippen LogP contribution is 2.41. The minimum atomic E-state index is -1.41. The van der Waals surface area contributed by atoms with E-state index in [2.05, 4.69) is 79.3 Å². The van der Waals surface area contributed by atoms with E-state index in [-0.39, 0.29) is 66.0 Å². The van der Waals surface area contributed by atoms with Crippen molar-refractivity contribution >= 4 is 17.7 Å². The number of nitrogens with zero attached hydrogens (tertiary/aromatic N) is 2. The summed E-state index contributed by atoms with van der Waals surface area (Å²) in [5.41, 5.74) is -1.32. The zero-order valence-electron chi connectivity index (χ0n) is 35.1. The number of hydrogen-bond acceptors (Lipinski definition) is 14. The highest BCUT2D eigenvalue weighted by Gasteiger charge is 2.47. The van der Waals surface area contributed by atoms with Crippen molar-refractivity contribution in [3.05, 3.63) is 0 Å². The fourth-order valence-corrected chi connectivity index (χ4v) is 8.77. The molecule has 1 N–H and O–H groups in total. The first-order chi connectivity index (χ1) is 25.0. The Kier molecular flexibility index (Phi) is 14.8. The summed E-state index contributed by atoms with van der Waals surface area (Å²) in [6.45, 7) is 20.0. The van der Waals surface area contributed by atoms with Gasteiger partial charge in [0, 0.05) is 54.4 Å². The number of likely N-dealkylation sites (tertiary alicyclic amines) is 2. The number of aliphatic hydroxyl groups excluding tert-OH is 1. The van der Waals surface area contributed by atoms with Gasteiger partial charge in [-0.2, -0.15) is 0 Å². The molecular formula is C40H70N2O12. The van der Waals surface area contributed by atoms with Gasteiger partial charge in [0.05, 0.1) is 56.9 Å². The molecule has 14 heteroatoms. The molecule has 0 aromatic carbocycles. The van der Waals surface area contributed by atoms with Gasteiger partial charge in [0.25, 0.3) is 0 Å². The van der Waals surface area contributed by atoms with Crippen molar-refractivity contribution in [3.8, 4) is 0 Å². The Bertz CT molecular complexity index is 1230. The molecule has 4 saturated heterocycles. The van der Waals surface area contributed by atoms with Gasteiger partial charge in [0.2, 0.25) is 0 Å². The summed E-state index contributed by atoms with van der Waals surface area (Å²) in [6.07, 6.45) is -1.06. The van der Waals surface area contributed by atoms with Gasteiger partial charge in [-0.1, -0.05) is 0 Å². The number of rotatable bonds is 15. The number of hydrogen-bond donors (Lipinski definition) is 1. The molecule has 0 saturated carbocycles. The fraction of sp³-hybridized carbons (Fsp3) is 0.925. The topological polar surface area (TPSA) is 152 Å². The summed E-state index contributed by atoms with van der Waals surface area (Å²) in [5, 5.41) is 11.7. The van der Waals surface area contributed by atoms with Crippen molar-refractivity contribution in [2.45, 2.75) is 160 Å². The van der Waals surface area contributed by atoms with Crippen LogP contribution in [0.3, 0.4) is 0 Å². The SMILES string of the molecule is COCC1OCC2(CO1)COC(COC(=O)CC(CC(CC(C)=O)C(=O)OC1CC(C)(C)N(C)C(C)(C)C1)C(O)OC1CC(C)(C)N(C)C(C)(C)C1)OC2. The lowest BCUT2D eigenvalue weighted by Crippen LogP contribution is -2.60. The van der Waals surface area contributed by atoms with E-state index >= 15 is 0 Å². The van der Waals surface area contributed by atoms with Gasteiger partial charge in [-0.3, -0.25) is 19.4 Å². The quantitative estimate of drug-likeness (QED) is 0.188. The Labute approximate surface area is 323 Å². The Morgan fingerprint density at radius 2 is 1.17 bits per heavy atom. The maximum atomic E-state index is 13.9. The van der Waals surface area contributed by atoms with Gasteiger partial charge in [0.15, 0.2) is 18.9 Å². The van der Waals surface area contributed by atoms with E-state index in [0.717, 1.165) is 0 Å². The van der Waals surface area contributed by atoms with Crippen LogP contribution in [0, 0.1) is 17.3 Å². The zero-order valence-corrected chi connectivity index (χ0v) is 35.1. The van der Waals surface area contributed by atoms with Crippen molar-refractivity contribution in [2.24, 2.45) is 17.3 Å². The van der Waals surface area contributed by atoms with Gasteiger partial charge in [-0.15, -0.1) is 0 Å². The van der Waals surface area contributed by atoms with E-state index in [4.69, 9.17) is 37.9 Å². The average Bonchev–Trinajstić information content (AvgIpc) is 3.05. The van der Waals surface area contributed by atoms with Gasteiger partial charge in [0.1, 0.15) is 18.5 Å². The molecule has 312 valence electrons. The molecule has 3 unspecified atom stereocenters. The standard InChI is InChI=1S/C40H70N2O12/c1-26(43)13-27(34(45)53-29-16-36(2,3)41(10)37(4,5)17-29)14-28(35(46)54-30-18-38(6,7)42(11)39(8,9)19-30)15-31(44)48-21-33-51-24-40(25-52-33)22-49-32(20-47-12)50-23-40/h27-30,32-33,35,46H,13-25H2,1-12H3. The predicted molar refractivity (Wildman–Crippen MR) is 199 cm³/mol. The highest BCUT2D eigenvalue weighted by molar-refractivity contribution is 5.83. The number of ether oxygens (including phenoxy) is 8. The van der Waals surface area contributed by atoms with Crippen LogP contribution in [0.5, 0.6) is 0 Å². The first kappa shape index (κ1) is 45.0. The number of ketones is 1. The summed E-state index contributed by atoms with van der Waals surface area (Å²) < 4.78 is 46.5. The fourth-order valence-electron chi connectivity index (χ4n) is 8.77. The number of carbonyl (C=O) groups excluding carboxylic acids is 3. The van der Waals surface area contributed by atoms with Crippen molar-refractivity contribution in [1.29, 1.82) is 0 Å². The van der Waals surface area contributed by atoms with Crippen LogP contribution in [0.2, 0.25) is 0 Å². The lowest BCUT2D eigenvalue weighted by molar-refractivity contribution is -0.312.